The molecule has 1 amide bonds. The van der Waals surface area contributed by atoms with E-state index in [9.17, 15) is 9.90 Å². The normalized spacial score (nSPS) is 22.9. The fourth-order valence-electron chi connectivity index (χ4n) is 3.83. The molecule has 0 aromatic carbocycles. The molecule has 0 saturated carbocycles. The maximum atomic E-state index is 12.4. The number of pyridine rings is 1. The number of aromatic hydroxyl groups is 1. The molecule has 4 rings (SSSR count). The van der Waals surface area contributed by atoms with Crippen LogP contribution in [0.2, 0.25) is 0 Å². The van der Waals surface area contributed by atoms with Crippen LogP contribution in [-0.2, 0) is 11.2 Å². The third kappa shape index (κ3) is 2.67. The molecular weight excluding hydrogens is 322 g/mol. The van der Waals surface area contributed by atoms with Crippen LogP contribution in [0.5, 0.6) is 5.95 Å². The number of nitrogens with zero attached hydrogens (tertiary/aromatic N) is 3. The quantitative estimate of drug-likeness (QED) is 0.791. The number of carbonyl (C=O) groups is 1. The van der Waals surface area contributed by atoms with Gasteiger partial charge in [-0.2, -0.15) is 0 Å². The van der Waals surface area contributed by atoms with E-state index in [1.54, 1.807) is 4.90 Å². The molecule has 1 fully saturated rings. The Morgan fingerprint density at radius 3 is 2.88 bits per heavy atom. The van der Waals surface area contributed by atoms with Gasteiger partial charge in [-0.1, -0.05) is 0 Å². The predicted octanol–water partition coefficient (Wildman–Crippen LogP) is 2.90. The molecule has 2 aliphatic rings. The summed E-state index contributed by atoms with van der Waals surface area (Å²) in [5.41, 5.74) is 1.23. The minimum atomic E-state index is -0.498. The first-order valence-electron chi connectivity index (χ1n) is 8.59. The van der Waals surface area contributed by atoms with Crippen molar-refractivity contribution < 1.29 is 19.1 Å². The van der Waals surface area contributed by atoms with Crippen LogP contribution in [0.3, 0.4) is 0 Å². The largest absolute Gasteiger partial charge is 0.480 e. The van der Waals surface area contributed by atoms with E-state index in [1.807, 2.05) is 26.8 Å². The Hall–Kier alpha value is -2.44. The Labute approximate surface area is 146 Å². The molecule has 7 heteroatoms. The zero-order valence-corrected chi connectivity index (χ0v) is 14.9. The molecule has 134 valence electrons. The zero-order chi connectivity index (χ0) is 17.9. The van der Waals surface area contributed by atoms with Gasteiger partial charge >= 0.3 is 6.09 Å². The Morgan fingerprint density at radius 1 is 1.40 bits per heavy atom. The van der Waals surface area contributed by atoms with Gasteiger partial charge in [0.05, 0.1) is 11.4 Å². The third-order valence-corrected chi connectivity index (χ3v) is 4.76. The number of amides is 1. The van der Waals surface area contributed by atoms with Crippen molar-refractivity contribution in [1.29, 1.82) is 0 Å². The lowest BCUT2D eigenvalue weighted by atomic mass is 10.1. The highest BCUT2D eigenvalue weighted by molar-refractivity contribution is 5.86. The summed E-state index contributed by atoms with van der Waals surface area (Å²) in [6.45, 7) is 8.93. The molecule has 0 unspecified atom stereocenters. The van der Waals surface area contributed by atoms with Gasteiger partial charge in [0.2, 0.25) is 0 Å². The Kier molecular flexibility index (Phi) is 3.39. The van der Waals surface area contributed by atoms with Crippen molar-refractivity contribution >= 4 is 22.8 Å². The standard InChI is InChI=1S/C18H23N3O4/c1-10-7-20(17(23)25-18(2,3)4)8-12-5-11-6-13-14(9-24-16(13)22)19-15(11)21(10)12/h6,9-10,12,22H,5,7-8H2,1-4H3/t10-,12-/m1/s1. The average Bonchev–Trinajstić information content (AvgIpc) is 3.04. The number of hydrogen-bond donors (Lipinski definition) is 1. The molecule has 7 nitrogen and oxygen atoms in total. The van der Waals surface area contributed by atoms with Crippen LogP contribution in [0.25, 0.3) is 10.9 Å². The van der Waals surface area contributed by atoms with Gasteiger partial charge in [-0.05, 0) is 45.7 Å². The average molecular weight is 345 g/mol. The van der Waals surface area contributed by atoms with E-state index in [1.165, 1.54) is 6.26 Å². The summed E-state index contributed by atoms with van der Waals surface area (Å²) in [5, 5.41) is 10.4. The topological polar surface area (TPSA) is 79.0 Å². The lowest BCUT2D eigenvalue weighted by Crippen LogP contribution is -2.58. The van der Waals surface area contributed by atoms with E-state index in [2.05, 4.69) is 16.8 Å². The van der Waals surface area contributed by atoms with E-state index in [0.29, 0.717) is 24.0 Å². The van der Waals surface area contributed by atoms with Gasteiger partial charge in [0, 0.05) is 19.1 Å². The van der Waals surface area contributed by atoms with Crippen molar-refractivity contribution in [2.24, 2.45) is 0 Å². The maximum Gasteiger partial charge on any atom is 0.410 e. The van der Waals surface area contributed by atoms with Gasteiger partial charge in [-0.25, -0.2) is 9.78 Å². The van der Waals surface area contributed by atoms with E-state index < -0.39 is 5.60 Å². The zero-order valence-electron chi connectivity index (χ0n) is 14.9. The van der Waals surface area contributed by atoms with Crippen LogP contribution < -0.4 is 4.90 Å². The SMILES string of the molecule is C[C@@H]1CN(C(=O)OC(C)(C)C)C[C@H]2Cc3cc4c(O)occ4nc3N21. The van der Waals surface area contributed by atoms with Crippen LogP contribution in [0.4, 0.5) is 10.6 Å². The van der Waals surface area contributed by atoms with E-state index in [4.69, 9.17) is 9.15 Å². The molecule has 0 aliphatic carbocycles. The number of aromatic nitrogens is 1. The number of furan rings is 1. The number of carbonyl (C=O) groups excluding carboxylic acids is 1. The van der Waals surface area contributed by atoms with Crippen LogP contribution in [0.15, 0.2) is 16.7 Å². The minimum absolute atomic E-state index is 0.0985. The lowest BCUT2D eigenvalue weighted by Gasteiger charge is -2.43. The van der Waals surface area contributed by atoms with Gasteiger partial charge in [-0.3, -0.25) is 0 Å². The maximum absolute atomic E-state index is 12.4. The van der Waals surface area contributed by atoms with Crippen molar-refractivity contribution in [2.75, 3.05) is 18.0 Å². The first-order chi connectivity index (χ1) is 11.7. The van der Waals surface area contributed by atoms with Gasteiger partial charge in [0.15, 0.2) is 0 Å². The Balaban J connectivity index is 1.60. The number of ether oxygens (including phenoxy) is 1. The van der Waals surface area contributed by atoms with Crippen LogP contribution in [0.1, 0.15) is 33.3 Å². The molecule has 0 bridgehead atoms. The summed E-state index contributed by atoms with van der Waals surface area (Å²) >= 11 is 0. The fourth-order valence-corrected chi connectivity index (χ4v) is 3.83. The molecule has 0 spiro atoms. The van der Waals surface area contributed by atoms with Gasteiger partial charge < -0.3 is 24.1 Å². The summed E-state index contributed by atoms with van der Waals surface area (Å²) in [5.74, 6) is 0.827. The third-order valence-electron chi connectivity index (χ3n) is 4.76. The molecule has 0 radical (unpaired) electrons. The first-order valence-corrected chi connectivity index (χ1v) is 8.59. The van der Waals surface area contributed by atoms with Crippen molar-refractivity contribution in [3.63, 3.8) is 0 Å². The molecule has 25 heavy (non-hydrogen) atoms. The van der Waals surface area contributed by atoms with Crippen molar-refractivity contribution in [3.8, 4) is 5.95 Å². The minimum Gasteiger partial charge on any atom is -0.480 e. The summed E-state index contributed by atoms with van der Waals surface area (Å²) in [7, 11) is 0. The molecule has 2 aromatic rings. The van der Waals surface area contributed by atoms with E-state index in [-0.39, 0.29) is 24.1 Å². The van der Waals surface area contributed by atoms with E-state index in [0.717, 1.165) is 17.8 Å². The molecule has 4 heterocycles. The van der Waals surface area contributed by atoms with Gasteiger partial charge in [0.25, 0.3) is 5.95 Å². The lowest BCUT2D eigenvalue weighted by molar-refractivity contribution is 0.0191. The van der Waals surface area contributed by atoms with Crippen molar-refractivity contribution in [1.82, 2.24) is 9.88 Å². The molecule has 2 atom stereocenters. The van der Waals surface area contributed by atoms with Gasteiger partial charge in [-0.15, -0.1) is 0 Å². The molecule has 1 saturated heterocycles. The van der Waals surface area contributed by atoms with Crippen LogP contribution in [0, 0.1) is 0 Å². The second-order valence-corrected chi connectivity index (χ2v) is 7.94. The Morgan fingerprint density at radius 2 is 2.16 bits per heavy atom. The number of rotatable bonds is 0. The highest BCUT2D eigenvalue weighted by Gasteiger charge is 2.41. The molecule has 2 aromatic heterocycles. The second-order valence-electron chi connectivity index (χ2n) is 7.94. The molecule has 1 N–H and O–H groups in total. The smallest absolute Gasteiger partial charge is 0.410 e. The number of hydrogen-bond acceptors (Lipinski definition) is 6. The van der Waals surface area contributed by atoms with Crippen LogP contribution in [-0.4, -0.2) is 51.9 Å². The number of fused-ring (bicyclic) bond motifs is 4. The fraction of sp³-hybridized carbons (Fsp3) is 0.556. The van der Waals surface area contributed by atoms with Crippen LogP contribution >= 0.6 is 0 Å². The van der Waals surface area contributed by atoms with Crippen molar-refractivity contribution in [3.05, 3.63) is 17.9 Å². The summed E-state index contributed by atoms with van der Waals surface area (Å²) in [4.78, 5) is 21.2. The van der Waals surface area contributed by atoms with Gasteiger partial charge in [0.1, 0.15) is 23.2 Å². The summed E-state index contributed by atoms with van der Waals surface area (Å²) < 4.78 is 10.6. The van der Waals surface area contributed by atoms with Crippen molar-refractivity contribution in [2.45, 2.75) is 51.8 Å². The number of anilines is 1. The monoisotopic (exact) mass is 345 g/mol. The predicted molar refractivity (Wildman–Crippen MR) is 92.9 cm³/mol. The summed E-state index contributed by atoms with van der Waals surface area (Å²) in [6.07, 6.45) is 1.99. The second kappa shape index (κ2) is 5.28. The highest BCUT2D eigenvalue weighted by atomic mass is 16.6. The Bertz CT molecular complexity index is 839. The molecular formula is C18H23N3O4. The highest BCUT2D eigenvalue weighted by Crippen LogP contribution is 2.39. The first kappa shape index (κ1) is 16.1. The number of piperazine rings is 1. The summed E-state index contributed by atoms with van der Waals surface area (Å²) in [6, 6.07) is 2.25. The molecule has 2 aliphatic heterocycles. The van der Waals surface area contributed by atoms with E-state index >= 15 is 0 Å².